The lowest BCUT2D eigenvalue weighted by Gasteiger charge is -2.31. The Hall–Kier alpha value is -2.29. The van der Waals surface area contributed by atoms with E-state index in [1.807, 2.05) is 6.92 Å². The molecular weight excluding hydrogens is 428 g/mol. The smallest absolute Gasteiger partial charge is 0.243 e. The molecule has 0 spiro atoms. The number of nitrogens with zero attached hydrogens (tertiary/aromatic N) is 1. The Labute approximate surface area is 182 Å². The van der Waals surface area contributed by atoms with Crippen molar-refractivity contribution in [2.24, 2.45) is 5.92 Å². The van der Waals surface area contributed by atoms with Crippen molar-refractivity contribution in [3.8, 4) is 11.5 Å². The van der Waals surface area contributed by atoms with Crippen LogP contribution in [0, 0.1) is 12.8 Å². The number of amides is 1. The zero-order chi connectivity index (χ0) is 21.9. The molecule has 0 aliphatic carbocycles. The first-order valence-corrected chi connectivity index (χ1v) is 11.4. The molecule has 0 radical (unpaired) electrons. The molecule has 0 aromatic heterocycles. The molecular formula is C21H25ClN2O5S. The Balaban J connectivity index is 1.78. The Kier molecular flexibility index (Phi) is 6.90. The van der Waals surface area contributed by atoms with Crippen LogP contribution in [0.5, 0.6) is 11.5 Å². The van der Waals surface area contributed by atoms with Crippen molar-refractivity contribution < 1.29 is 22.7 Å². The first-order valence-electron chi connectivity index (χ1n) is 9.56. The predicted octanol–water partition coefficient (Wildman–Crippen LogP) is 3.71. The van der Waals surface area contributed by atoms with Crippen LogP contribution in [0.3, 0.4) is 0 Å². The summed E-state index contributed by atoms with van der Waals surface area (Å²) < 4.78 is 38.1. The average molecular weight is 453 g/mol. The summed E-state index contributed by atoms with van der Waals surface area (Å²) in [5.74, 6) is 0.116. The van der Waals surface area contributed by atoms with E-state index in [0.29, 0.717) is 41.6 Å². The summed E-state index contributed by atoms with van der Waals surface area (Å²) in [4.78, 5) is 12.9. The second-order valence-electron chi connectivity index (χ2n) is 7.12. The monoisotopic (exact) mass is 452 g/mol. The number of anilines is 1. The van der Waals surface area contributed by atoms with Gasteiger partial charge in [-0.05, 0) is 49.6 Å². The zero-order valence-electron chi connectivity index (χ0n) is 17.1. The third-order valence-corrected chi connectivity index (χ3v) is 7.54. The molecule has 3 rings (SSSR count). The van der Waals surface area contributed by atoms with Gasteiger partial charge in [0, 0.05) is 29.9 Å². The van der Waals surface area contributed by atoms with Gasteiger partial charge in [0.15, 0.2) is 11.5 Å². The number of nitrogens with one attached hydrogen (secondary N) is 1. The van der Waals surface area contributed by atoms with Gasteiger partial charge in [0.2, 0.25) is 15.9 Å². The highest BCUT2D eigenvalue weighted by molar-refractivity contribution is 7.89. The van der Waals surface area contributed by atoms with Gasteiger partial charge in [-0.15, -0.1) is 0 Å². The highest BCUT2D eigenvalue weighted by Gasteiger charge is 2.34. The van der Waals surface area contributed by atoms with Gasteiger partial charge in [-0.3, -0.25) is 4.79 Å². The van der Waals surface area contributed by atoms with Crippen LogP contribution in [-0.2, 0) is 14.8 Å². The Morgan fingerprint density at radius 1 is 1.17 bits per heavy atom. The minimum atomic E-state index is -3.78. The van der Waals surface area contributed by atoms with Crippen LogP contribution in [0.4, 0.5) is 5.69 Å². The third kappa shape index (κ3) is 4.55. The summed E-state index contributed by atoms with van der Waals surface area (Å²) in [5.41, 5.74) is 1.41. The molecule has 162 valence electrons. The van der Waals surface area contributed by atoms with Crippen LogP contribution in [0.15, 0.2) is 41.3 Å². The maximum atomic E-state index is 13.2. The van der Waals surface area contributed by atoms with Gasteiger partial charge < -0.3 is 14.8 Å². The van der Waals surface area contributed by atoms with Crippen molar-refractivity contribution in [3.05, 3.63) is 47.0 Å². The van der Waals surface area contributed by atoms with Crippen LogP contribution in [0.1, 0.15) is 18.4 Å². The number of ether oxygens (including phenoxy) is 2. The second kappa shape index (κ2) is 9.24. The number of methoxy groups -OCH3 is 2. The van der Waals surface area contributed by atoms with Gasteiger partial charge in [-0.1, -0.05) is 17.7 Å². The third-order valence-electron chi connectivity index (χ3n) is 5.27. The fourth-order valence-corrected chi connectivity index (χ4v) is 5.19. The number of carbonyl (C=O) groups excluding carboxylic acids is 1. The van der Waals surface area contributed by atoms with Gasteiger partial charge >= 0.3 is 0 Å². The van der Waals surface area contributed by atoms with E-state index >= 15 is 0 Å². The Morgan fingerprint density at radius 3 is 2.60 bits per heavy atom. The van der Waals surface area contributed by atoms with Crippen LogP contribution < -0.4 is 14.8 Å². The molecule has 9 heteroatoms. The van der Waals surface area contributed by atoms with E-state index in [1.165, 1.54) is 30.7 Å². The standard InChI is InChI=1S/C21H25ClN2O5S/c1-14-17(22)7-4-8-18(14)23-21(25)15-6-5-11-24(13-15)30(26,27)16-9-10-19(28-2)20(12-16)29-3/h4,7-10,12,15H,5-6,11,13H2,1-3H3,(H,23,25)/t15-/m1/s1. The molecule has 2 aromatic rings. The number of hydrogen-bond acceptors (Lipinski definition) is 5. The fraction of sp³-hybridized carbons (Fsp3) is 0.381. The molecule has 1 amide bonds. The molecule has 1 fully saturated rings. The predicted molar refractivity (Wildman–Crippen MR) is 116 cm³/mol. The minimum Gasteiger partial charge on any atom is -0.493 e. The second-order valence-corrected chi connectivity index (χ2v) is 9.47. The van der Waals surface area contributed by atoms with Gasteiger partial charge in [0.1, 0.15) is 0 Å². The van der Waals surface area contributed by atoms with Crippen molar-refractivity contribution in [2.75, 3.05) is 32.6 Å². The maximum Gasteiger partial charge on any atom is 0.243 e. The molecule has 1 atom stereocenters. The SMILES string of the molecule is COc1ccc(S(=O)(=O)N2CCC[C@@H](C(=O)Nc3cccc(Cl)c3C)C2)cc1OC. The molecule has 30 heavy (non-hydrogen) atoms. The number of benzene rings is 2. The zero-order valence-corrected chi connectivity index (χ0v) is 18.7. The lowest BCUT2D eigenvalue weighted by molar-refractivity contribution is -0.120. The molecule has 7 nitrogen and oxygen atoms in total. The maximum absolute atomic E-state index is 13.2. The molecule has 0 bridgehead atoms. The Morgan fingerprint density at radius 2 is 1.90 bits per heavy atom. The number of hydrogen-bond donors (Lipinski definition) is 1. The van der Waals surface area contributed by atoms with Gasteiger partial charge in [-0.2, -0.15) is 4.31 Å². The van der Waals surface area contributed by atoms with E-state index in [4.69, 9.17) is 21.1 Å². The summed E-state index contributed by atoms with van der Waals surface area (Å²) >= 11 is 6.12. The average Bonchev–Trinajstić information content (AvgIpc) is 2.76. The van der Waals surface area contributed by atoms with Crippen molar-refractivity contribution in [1.82, 2.24) is 4.31 Å². The topological polar surface area (TPSA) is 84.9 Å². The van der Waals surface area contributed by atoms with E-state index in [-0.39, 0.29) is 17.3 Å². The van der Waals surface area contributed by atoms with Crippen molar-refractivity contribution in [3.63, 3.8) is 0 Å². The normalized spacial score (nSPS) is 17.4. The Bertz CT molecular complexity index is 1040. The molecule has 2 aromatic carbocycles. The molecule has 0 saturated carbocycles. The summed E-state index contributed by atoms with van der Waals surface area (Å²) in [5, 5.41) is 3.45. The number of halogens is 1. The van der Waals surface area contributed by atoms with E-state index in [0.717, 1.165) is 5.56 Å². The first-order chi connectivity index (χ1) is 14.3. The van der Waals surface area contributed by atoms with E-state index in [9.17, 15) is 13.2 Å². The molecule has 1 aliphatic heterocycles. The van der Waals surface area contributed by atoms with Gasteiger partial charge in [0.05, 0.1) is 25.0 Å². The summed E-state index contributed by atoms with van der Waals surface area (Å²) in [7, 11) is -0.838. The lowest BCUT2D eigenvalue weighted by Crippen LogP contribution is -2.43. The van der Waals surface area contributed by atoms with Crippen molar-refractivity contribution >= 4 is 33.2 Å². The van der Waals surface area contributed by atoms with E-state index in [2.05, 4.69) is 5.32 Å². The number of sulfonamides is 1. The summed E-state index contributed by atoms with van der Waals surface area (Å²) in [6.07, 6.45) is 1.21. The molecule has 1 heterocycles. The van der Waals surface area contributed by atoms with E-state index < -0.39 is 15.9 Å². The molecule has 0 unspecified atom stereocenters. The van der Waals surface area contributed by atoms with Crippen molar-refractivity contribution in [1.29, 1.82) is 0 Å². The van der Waals surface area contributed by atoms with Crippen molar-refractivity contribution in [2.45, 2.75) is 24.7 Å². The fourth-order valence-electron chi connectivity index (χ4n) is 3.48. The highest BCUT2D eigenvalue weighted by Crippen LogP contribution is 2.32. The van der Waals surface area contributed by atoms with Crippen LogP contribution in [-0.4, -0.2) is 45.9 Å². The van der Waals surface area contributed by atoms with E-state index in [1.54, 1.807) is 24.3 Å². The number of carbonyl (C=O) groups is 1. The summed E-state index contributed by atoms with van der Waals surface area (Å²) in [6, 6.07) is 9.77. The molecule has 1 N–H and O–H groups in total. The summed E-state index contributed by atoms with van der Waals surface area (Å²) in [6.45, 7) is 2.30. The molecule has 1 saturated heterocycles. The quantitative estimate of drug-likeness (QED) is 0.722. The van der Waals surface area contributed by atoms with Crippen LogP contribution in [0.2, 0.25) is 5.02 Å². The first kappa shape index (κ1) is 22.4. The minimum absolute atomic E-state index is 0.104. The van der Waals surface area contributed by atoms with Gasteiger partial charge in [-0.25, -0.2) is 8.42 Å². The van der Waals surface area contributed by atoms with Crippen LogP contribution >= 0.6 is 11.6 Å². The lowest BCUT2D eigenvalue weighted by atomic mass is 9.98. The largest absolute Gasteiger partial charge is 0.493 e. The number of rotatable bonds is 6. The van der Waals surface area contributed by atoms with Crippen LogP contribution in [0.25, 0.3) is 0 Å². The highest BCUT2D eigenvalue weighted by atomic mass is 35.5. The number of piperidine rings is 1. The molecule has 1 aliphatic rings. The van der Waals surface area contributed by atoms with Gasteiger partial charge in [0.25, 0.3) is 0 Å².